The summed E-state index contributed by atoms with van der Waals surface area (Å²) >= 11 is 1.76. The summed E-state index contributed by atoms with van der Waals surface area (Å²) in [6.45, 7) is 2.68. The summed E-state index contributed by atoms with van der Waals surface area (Å²) in [5.74, 6) is 1.02. The standard InChI is InChI=1S/C16H14O2S/c1-11-3-2-4-15-12(10-19-16(11)15)9-18-14-7-5-13(17)6-8-14/h2-8,10,17H,9H2,1H3. The van der Waals surface area contributed by atoms with Crippen molar-refractivity contribution in [3.8, 4) is 11.5 Å². The minimum absolute atomic E-state index is 0.254. The van der Waals surface area contributed by atoms with Gasteiger partial charge in [-0.2, -0.15) is 0 Å². The van der Waals surface area contributed by atoms with Crippen LogP contribution in [0.2, 0.25) is 0 Å². The van der Waals surface area contributed by atoms with Crippen LogP contribution in [0.1, 0.15) is 11.1 Å². The van der Waals surface area contributed by atoms with Gasteiger partial charge in [-0.3, -0.25) is 0 Å². The van der Waals surface area contributed by atoms with Gasteiger partial charge < -0.3 is 9.84 Å². The summed E-state index contributed by atoms with van der Waals surface area (Å²) in [5, 5.41) is 12.6. The number of ether oxygens (including phenoxy) is 1. The molecule has 0 radical (unpaired) electrons. The minimum atomic E-state index is 0.254. The predicted molar refractivity (Wildman–Crippen MR) is 79.0 cm³/mol. The van der Waals surface area contributed by atoms with Gasteiger partial charge in [-0.05, 0) is 47.5 Å². The number of rotatable bonds is 3. The number of phenols is 1. The van der Waals surface area contributed by atoms with Gasteiger partial charge in [-0.25, -0.2) is 0 Å². The van der Waals surface area contributed by atoms with Gasteiger partial charge in [0.2, 0.25) is 0 Å². The van der Waals surface area contributed by atoms with Crippen LogP contribution in [-0.4, -0.2) is 5.11 Å². The third kappa shape index (κ3) is 2.42. The van der Waals surface area contributed by atoms with E-state index in [1.807, 2.05) is 0 Å². The second-order valence-electron chi connectivity index (χ2n) is 4.50. The summed E-state index contributed by atoms with van der Waals surface area (Å²) in [5.41, 5.74) is 2.51. The quantitative estimate of drug-likeness (QED) is 0.759. The highest BCUT2D eigenvalue weighted by Gasteiger charge is 2.06. The third-order valence-corrected chi connectivity index (χ3v) is 4.29. The molecule has 0 spiro atoms. The van der Waals surface area contributed by atoms with E-state index >= 15 is 0 Å². The molecule has 0 saturated carbocycles. The molecule has 1 aromatic heterocycles. The highest BCUT2D eigenvalue weighted by Crippen LogP contribution is 2.29. The van der Waals surface area contributed by atoms with Crippen LogP contribution in [0.5, 0.6) is 11.5 Å². The molecule has 1 N–H and O–H groups in total. The summed E-state index contributed by atoms with van der Waals surface area (Å²) in [6.07, 6.45) is 0. The molecular formula is C16H14O2S. The molecule has 2 nitrogen and oxygen atoms in total. The van der Waals surface area contributed by atoms with E-state index < -0.39 is 0 Å². The maximum atomic E-state index is 9.23. The molecule has 0 aliphatic heterocycles. The fourth-order valence-corrected chi connectivity index (χ4v) is 3.11. The van der Waals surface area contributed by atoms with Crippen molar-refractivity contribution in [2.24, 2.45) is 0 Å². The Bertz CT molecular complexity index is 698. The lowest BCUT2D eigenvalue weighted by atomic mass is 10.1. The fourth-order valence-electron chi connectivity index (χ4n) is 2.07. The third-order valence-electron chi connectivity index (χ3n) is 3.11. The van der Waals surface area contributed by atoms with Crippen LogP contribution in [0.3, 0.4) is 0 Å². The molecule has 1 heterocycles. The van der Waals surface area contributed by atoms with Crippen molar-refractivity contribution >= 4 is 21.4 Å². The van der Waals surface area contributed by atoms with Crippen LogP contribution >= 0.6 is 11.3 Å². The summed E-state index contributed by atoms with van der Waals surface area (Å²) in [4.78, 5) is 0. The van der Waals surface area contributed by atoms with Crippen LogP contribution in [0.4, 0.5) is 0 Å². The van der Waals surface area contributed by atoms with Crippen molar-refractivity contribution in [1.82, 2.24) is 0 Å². The van der Waals surface area contributed by atoms with E-state index in [1.54, 1.807) is 35.6 Å². The van der Waals surface area contributed by atoms with E-state index in [0.29, 0.717) is 6.61 Å². The van der Waals surface area contributed by atoms with Gasteiger partial charge in [0.15, 0.2) is 0 Å². The molecule has 3 rings (SSSR count). The summed E-state index contributed by atoms with van der Waals surface area (Å²) in [6, 6.07) is 13.1. The summed E-state index contributed by atoms with van der Waals surface area (Å²) < 4.78 is 7.07. The number of hydrogen-bond donors (Lipinski definition) is 1. The topological polar surface area (TPSA) is 29.5 Å². The van der Waals surface area contributed by atoms with E-state index in [1.165, 1.54) is 21.2 Å². The largest absolute Gasteiger partial charge is 0.508 e. The van der Waals surface area contributed by atoms with Crippen molar-refractivity contribution in [3.63, 3.8) is 0 Å². The van der Waals surface area contributed by atoms with Crippen LogP contribution in [0.15, 0.2) is 47.8 Å². The number of benzene rings is 2. The average Bonchev–Trinajstić information content (AvgIpc) is 2.83. The van der Waals surface area contributed by atoms with E-state index in [-0.39, 0.29) is 5.75 Å². The van der Waals surface area contributed by atoms with Crippen molar-refractivity contribution in [2.45, 2.75) is 13.5 Å². The molecule has 0 aliphatic rings. The van der Waals surface area contributed by atoms with Crippen molar-refractivity contribution in [2.75, 3.05) is 0 Å². The zero-order chi connectivity index (χ0) is 13.2. The number of aryl methyl sites for hydroxylation is 1. The van der Waals surface area contributed by atoms with Crippen LogP contribution < -0.4 is 4.74 Å². The highest BCUT2D eigenvalue weighted by atomic mass is 32.1. The minimum Gasteiger partial charge on any atom is -0.508 e. The number of fused-ring (bicyclic) bond motifs is 1. The molecule has 96 valence electrons. The van der Waals surface area contributed by atoms with Gasteiger partial charge in [0.25, 0.3) is 0 Å². The molecule has 2 aromatic carbocycles. The molecule has 0 unspecified atom stereocenters. The van der Waals surface area contributed by atoms with Crippen molar-refractivity contribution in [1.29, 1.82) is 0 Å². The molecular weight excluding hydrogens is 256 g/mol. The Morgan fingerprint density at radius 1 is 1.11 bits per heavy atom. The van der Waals surface area contributed by atoms with Gasteiger partial charge in [-0.15, -0.1) is 11.3 Å². The van der Waals surface area contributed by atoms with Gasteiger partial charge in [0, 0.05) is 10.3 Å². The van der Waals surface area contributed by atoms with Gasteiger partial charge in [0.1, 0.15) is 18.1 Å². The average molecular weight is 270 g/mol. The Balaban J connectivity index is 1.82. The Morgan fingerprint density at radius 3 is 2.68 bits per heavy atom. The zero-order valence-electron chi connectivity index (χ0n) is 10.6. The van der Waals surface area contributed by atoms with E-state index in [4.69, 9.17) is 4.74 Å². The first-order chi connectivity index (χ1) is 9.24. The van der Waals surface area contributed by atoms with Crippen LogP contribution in [0.25, 0.3) is 10.1 Å². The molecule has 0 amide bonds. The first kappa shape index (κ1) is 12.1. The maximum Gasteiger partial charge on any atom is 0.120 e. The molecule has 0 saturated heterocycles. The Kier molecular flexibility index (Phi) is 3.13. The fraction of sp³-hybridized carbons (Fsp3) is 0.125. The monoisotopic (exact) mass is 270 g/mol. The molecule has 0 fully saturated rings. The SMILES string of the molecule is Cc1cccc2c(COc3ccc(O)cc3)csc12. The molecule has 3 heteroatoms. The number of hydrogen-bond acceptors (Lipinski definition) is 3. The lowest BCUT2D eigenvalue weighted by Crippen LogP contribution is -1.93. The Hall–Kier alpha value is -2.00. The number of phenolic OH excluding ortho intramolecular Hbond substituents is 1. The summed E-state index contributed by atoms with van der Waals surface area (Å²) in [7, 11) is 0. The Morgan fingerprint density at radius 2 is 1.89 bits per heavy atom. The normalized spacial score (nSPS) is 10.8. The second kappa shape index (κ2) is 4.94. The Labute approximate surface area is 115 Å². The number of thiophene rings is 1. The van der Waals surface area contributed by atoms with Crippen LogP contribution in [0, 0.1) is 6.92 Å². The van der Waals surface area contributed by atoms with Gasteiger partial charge >= 0.3 is 0 Å². The zero-order valence-corrected chi connectivity index (χ0v) is 11.4. The van der Waals surface area contributed by atoms with Crippen molar-refractivity contribution < 1.29 is 9.84 Å². The molecule has 19 heavy (non-hydrogen) atoms. The van der Waals surface area contributed by atoms with Crippen LogP contribution in [-0.2, 0) is 6.61 Å². The smallest absolute Gasteiger partial charge is 0.120 e. The first-order valence-corrected chi connectivity index (χ1v) is 6.99. The number of aromatic hydroxyl groups is 1. The van der Waals surface area contributed by atoms with Gasteiger partial charge in [-0.1, -0.05) is 18.2 Å². The molecule has 3 aromatic rings. The maximum absolute atomic E-state index is 9.23. The van der Waals surface area contributed by atoms with Gasteiger partial charge in [0.05, 0.1) is 0 Å². The van der Waals surface area contributed by atoms with E-state index in [2.05, 4.69) is 30.5 Å². The highest BCUT2D eigenvalue weighted by molar-refractivity contribution is 7.17. The van der Waals surface area contributed by atoms with E-state index in [9.17, 15) is 5.11 Å². The first-order valence-electron chi connectivity index (χ1n) is 6.11. The lowest BCUT2D eigenvalue weighted by Gasteiger charge is -2.05. The van der Waals surface area contributed by atoms with Crippen molar-refractivity contribution in [3.05, 3.63) is 59.0 Å². The van der Waals surface area contributed by atoms with E-state index in [0.717, 1.165) is 5.75 Å². The molecule has 0 aliphatic carbocycles. The molecule has 0 atom stereocenters. The molecule has 0 bridgehead atoms. The lowest BCUT2D eigenvalue weighted by molar-refractivity contribution is 0.307. The second-order valence-corrected chi connectivity index (χ2v) is 5.37. The predicted octanol–water partition coefficient (Wildman–Crippen LogP) is 4.49.